The molecule has 0 saturated heterocycles. The van der Waals surface area contributed by atoms with E-state index in [4.69, 9.17) is 5.11 Å². The molecule has 1 rings (SSSR count). The molecule has 0 atom stereocenters. The molecular weight excluding hydrogens is 266 g/mol. The lowest BCUT2D eigenvalue weighted by Gasteiger charge is -2.34. The summed E-state index contributed by atoms with van der Waals surface area (Å²) in [7, 11) is 0. The zero-order valence-corrected chi connectivity index (χ0v) is 13.8. The van der Waals surface area contributed by atoms with Crippen LogP contribution in [-0.2, 0) is 9.59 Å². The third-order valence-electron chi connectivity index (χ3n) is 4.63. The van der Waals surface area contributed by atoms with Gasteiger partial charge in [0.1, 0.15) is 0 Å². The van der Waals surface area contributed by atoms with Gasteiger partial charge in [-0.05, 0) is 45.4 Å². The highest BCUT2D eigenvalue weighted by Crippen LogP contribution is 2.33. The molecule has 4 nitrogen and oxygen atoms in total. The number of carboxylic acids is 1. The molecule has 0 spiro atoms. The number of amides is 1. The normalized spacial score (nSPS) is 22.3. The molecule has 0 heterocycles. The van der Waals surface area contributed by atoms with E-state index in [9.17, 15) is 9.59 Å². The van der Waals surface area contributed by atoms with E-state index in [0.717, 1.165) is 31.6 Å². The average molecular weight is 297 g/mol. The van der Waals surface area contributed by atoms with Crippen molar-refractivity contribution in [2.75, 3.05) is 6.54 Å². The maximum Gasteiger partial charge on any atom is 0.305 e. The third-order valence-corrected chi connectivity index (χ3v) is 4.63. The van der Waals surface area contributed by atoms with Crippen molar-refractivity contribution in [3.05, 3.63) is 0 Å². The van der Waals surface area contributed by atoms with Gasteiger partial charge in [0.05, 0.1) is 6.42 Å². The molecule has 1 amide bonds. The Morgan fingerprint density at radius 1 is 1.19 bits per heavy atom. The number of unbranched alkanes of at least 4 members (excludes halogenated alkanes) is 1. The van der Waals surface area contributed by atoms with E-state index in [0.29, 0.717) is 6.54 Å². The number of hydrogen-bond acceptors (Lipinski definition) is 2. The van der Waals surface area contributed by atoms with Crippen LogP contribution in [0.25, 0.3) is 0 Å². The Hall–Kier alpha value is -1.06. The summed E-state index contributed by atoms with van der Waals surface area (Å²) in [4.78, 5) is 25.1. The minimum Gasteiger partial charge on any atom is -0.481 e. The molecule has 122 valence electrons. The molecule has 21 heavy (non-hydrogen) atoms. The summed E-state index contributed by atoms with van der Waals surface area (Å²) in [5.41, 5.74) is 0. The summed E-state index contributed by atoms with van der Waals surface area (Å²) in [6.07, 6.45) is 8.13. The van der Waals surface area contributed by atoms with E-state index in [1.807, 2.05) is 13.8 Å². The first-order chi connectivity index (χ1) is 9.95. The molecule has 0 aromatic carbocycles. The van der Waals surface area contributed by atoms with Crippen molar-refractivity contribution in [2.24, 2.45) is 11.8 Å². The topological polar surface area (TPSA) is 57.6 Å². The maximum absolute atomic E-state index is 12.6. The van der Waals surface area contributed by atoms with Gasteiger partial charge in [0.25, 0.3) is 0 Å². The van der Waals surface area contributed by atoms with Crippen molar-refractivity contribution in [3.8, 4) is 0 Å². The van der Waals surface area contributed by atoms with Crippen molar-refractivity contribution in [1.82, 2.24) is 4.90 Å². The first-order valence-electron chi connectivity index (χ1n) is 8.48. The van der Waals surface area contributed by atoms with Gasteiger partial charge in [-0.15, -0.1) is 0 Å². The van der Waals surface area contributed by atoms with Gasteiger partial charge in [0.2, 0.25) is 5.91 Å². The Labute approximate surface area is 128 Å². The van der Waals surface area contributed by atoms with Crippen LogP contribution in [-0.4, -0.2) is 34.5 Å². The number of hydrogen-bond donors (Lipinski definition) is 1. The monoisotopic (exact) mass is 297 g/mol. The van der Waals surface area contributed by atoms with E-state index in [1.165, 1.54) is 19.3 Å². The standard InChI is InChI=1S/C17H31NO3/c1-4-5-6-14-7-9-15(10-8-14)17(21)18(13(2)3)12-11-16(19)20/h13-15H,4-12H2,1-3H3,(H,19,20). The summed E-state index contributed by atoms with van der Waals surface area (Å²) < 4.78 is 0. The second kappa shape index (κ2) is 9.06. The van der Waals surface area contributed by atoms with Crippen LogP contribution in [0.4, 0.5) is 0 Å². The van der Waals surface area contributed by atoms with E-state index >= 15 is 0 Å². The van der Waals surface area contributed by atoms with Crippen LogP contribution >= 0.6 is 0 Å². The number of rotatable bonds is 8. The summed E-state index contributed by atoms with van der Waals surface area (Å²) in [5.74, 6) is 0.233. The number of nitrogens with zero attached hydrogens (tertiary/aromatic N) is 1. The Balaban J connectivity index is 2.47. The van der Waals surface area contributed by atoms with Gasteiger partial charge in [0.15, 0.2) is 0 Å². The molecular formula is C17H31NO3. The fourth-order valence-corrected chi connectivity index (χ4v) is 3.26. The average Bonchev–Trinajstić information content (AvgIpc) is 2.45. The Bertz CT molecular complexity index is 333. The van der Waals surface area contributed by atoms with E-state index in [2.05, 4.69) is 6.92 Å². The van der Waals surface area contributed by atoms with Crippen LogP contribution in [0.2, 0.25) is 0 Å². The summed E-state index contributed by atoms with van der Waals surface area (Å²) >= 11 is 0. The molecule has 0 aromatic heterocycles. The van der Waals surface area contributed by atoms with Crippen molar-refractivity contribution >= 4 is 11.9 Å². The van der Waals surface area contributed by atoms with Crippen molar-refractivity contribution in [1.29, 1.82) is 0 Å². The predicted octanol–water partition coefficient (Wildman–Crippen LogP) is 3.69. The molecule has 1 saturated carbocycles. The van der Waals surface area contributed by atoms with Crippen molar-refractivity contribution < 1.29 is 14.7 Å². The number of carboxylic acid groups (broad SMARTS) is 1. The minimum absolute atomic E-state index is 0.0375. The Morgan fingerprint density at radius 2 is 1.81 bits per heavy atom. The fraction of sp³-hybridized carbons (Fsp3) is 0.882. The predicted molar refractivity (Wildman–Crippen MR) is 84.1 cm³/mol. The first kappa shape index (κ1) is 18.0. The van der Waals surface area contributed by atoms with Crippen LogP contribution in [0.3, 0.4) is 0 Å². The molecule has 0 bridgehead atoms. The maximum atomic E-state index is 12.6. The molecule has 1 N–H and O–H groups in total. The highest BCUT2D eigenvalue weighted by Gasteiger charge is 2.30. The van der Waals surface area contributed by atoms with Gasteiger partial charge in [-0.25, -0.2) is 0 Å². The Kier molecular flexibility index (Phi) is 7.76. The van der Waals surface area contributed by atoms with Gasteiger partial charge in [-0.2, -0.15) is 0 Å². The summed E-state index contributed by atoms with van der Waals surface area (Å²) in [5, 5.41) is 8.82. The lowest BCUT2D eigenvalue weighted by Crippen LogP contribution is -2.43. The second-order valence-corrected chi connectivity index (χ2v) is 6.63. The largest absolute Gasteiger partial charge is 0.481 e. The minimum atomic E-state index is -0.836. The molecule has 0 unspecified atom stereocenters. The summed E-state index contributed by atoms with van der Waals surface area (Å²) in [6, 6.07) is 0.0784. The molecule has 0 radical (unpaired) electrons. The smallest absolute Gasteiger partial charge is 0.305 e. The van der Waals surface area contributed by atoms with Crippen LogP contribution < -0.4 is 0 Å². The molecule has 0 aliphatic heterocycles. The van der Waals surface area contributed by atoms with E-state index < -0.39 is 5.97 Å². The molecule has 0 aromatic rings. The van der Waals surface area contributed by atoms with Crippen LogP contribution in [0.1, 0.15) is 72.1 Å². The van der Waals surface area contributed by atoms with Gasteiger partial charge >= 0.3 is 5.97 Å². The fourth-order valence-electron chi connectivity index (χ4n) is 3.26. The highest BCUT2D eigenvalue weighted by molar-refractivity contribution is 5.79. The molecule has 1 fully saturated rings. The third kappa shape index (κ3) is 6.06. The SMILES string of the molecule is CCCCC1CCC(C(=O)N(CCC(=O)O)C(C)C)CC1. The lowest BCUT2D eigenvalue weighted by atomic mass is 9.79. The Morgan fingerprint density at radius 3 is 2.29 bits per heavy atom. The first-order valence-corrected chi connectivity index (χ1v) is 8.48. The van der Waals surface area contributed by atoms with Gasteiger partial charge in [-0.1, -0.05) is 26.2 Å². The zero-order valence-electron chi connectivity index (χ0n) is 13.8. The van der Waals surface area contributed by atoms with E-state index in [1.54, 1.807) is 4.90 Å². The van der Waals surface area contributed by atoms with Gasteiger partial charge in [-0.3, -0.25) is 9.59 Å². The molecule has 4 heteroatoms. The van der Waals surface area contributed by atoms with Gasteiger partial charge < -0.3 is 10.0 Å². The van der Waals surface area contributed by atoms with Crippen LogP contribution in [0.15, 0.2) is 0 Å². The number of carbonyl (C=O) groups excluding carboxylic acids is 1. The van der Waals surface area contributed by atoms with Crippen molar-refractivity contribution in [3.63, 3.8) is 0 Å². The van der Waals surface area contributed by atoms with Crippen LogP contribution in [0, 0.1) is 11.8 Å². The molecule has 1 aliphatic carbocycles. The lowest BCUT2D eigenvalue weighted by molar-refractivity contribution is -0.141. The highest BCUT2D eigenvalue weighted by atomic mass is 16.4. The number of aliphatic carboxylic acids is 1. The zero-order chi connectivity index (χ0) is 15.8. The molecule has 1 aliphatic rings. The van der Waals surface area contributed by atoms with E-state index in [-0.39, 0.29) is 24.3 Å². The quantitative estimate of drug-likeness (QED) is 0.743. The number of carbonyl (C=O) groups is 2. The second-order valence-electron chi connectivity index (χ2n) is 6.63. The van der Waals surface area contributed by atoms with Crippen LogP contribution in [0.5, 0.6) is 0 Å². The summed E-state index contributed by atoms with van der Waals surface area (Å²) in [6.45, 7) is 6.49. The van der Waals surface area contributed by atoms with Crippen molar-refractivity contribution in [2.45, 2.75) is 78.2 Å². The van der Waals surface area contributed by atoms with Gasteiger partial charge in [0, 0.05) is 18.5 Å².